The average Bonchev–Trinajstić information content (AvgIpc) is 2.62. The Hall–Kier alpha value is -0.0800. The lowest BCUT2D eigenvalue weighted by Crippen LogP contribution is -2.22. The maximum absolute atomic E-state index is 5.95. The summed E-state index contributed by atoms with van der Waals surface area (Å²) < 4.78 is 0. The van der Waals surface area contributed by atoms with Crippen LogP contribution in [0, 0.1) is 0 Å². The summed E-state index contributed by atoms with van der Waals surface area (Å²) in [4.78, 5) is 2.23. The van der Waals surface area contributed by atoms with E-state index in [1.54, 1.807) is 0 Å². The minimum absolute atomic E-state index is 0.270. The second kappa shape index (κ2) is 3.55. The lowest BCUT2D eigenvalue weighted by atomic mass is 10.1. The molecule has 0 aromatic rings. The molecule has 1 aliphatic carbocycles. The number of unbranched alkanes of at least 4 members (excludes halogenated alkanes) is 1. The van der Waals surface area contributed by atoms with E-state index in [-0.39, 0.29) is 5.54 Å². The highest BCUT2D eigenvalue weighted by atomic mass is 15.0. The summed E-state index contributed by atoms with van der Waals surface area (Å²) in [6, 6.07) is 0. The van der Waals surface area contributed by atoms with Crippen molar-refractivity contribution >= 4 is 0 Å². The molecular formula is C9H20N2. The van der Waals surface area contributed by atoms with E-state index in [1.165, 1.54) is 38.6 Å². The molecule has 2 heteroatoms. The minimum atomic E-state index is 0.270. The number of rotatable bonds is 5. The van der Waals surface area contributed by atoms with Crippen LogP contribution in [0.5, 0.6) is 0 Å². The zero-order chi connectivity index (χ0) is 8.32. The van der Waals surface area contributed by atoms with Gasteiger partial charge in [0.2, 0.25) is 0 Å². The van der Waals surface area contributed by atoms with Crippen LogP contribution in [0.25, 0.3) is 0 Å². The van der Waals surface area contributed by atoms with Gasteiger partial charge in [-0.1, -0.05) is 6.42 Å². The van der Waals surface area contributed by atoms with Gasteiger partial charge >= 0.3 is 0 Å². The third-order valence-corrected chi connectivity index (χ3v) is 2.42. The van der Waals surface area contributed by atoms with Crippen LogP contribution in [0.2, 0.25) is 0 Å². The predicted molar refractivity (Wildman–Crippen MR) is 48.6 cm³/mol. The third kappa shape index (κ3) is 3.73. The third-order valence-electron chi connectivity index (χ3n) is 2.42. The van der Waals surface area contributed by atoms with E-state index in [4.69, 9.17) is 5.73 Å². The molecule has 1 aliphatic rings. The average molecular weight is 156 g/mol. The molecule has 2 N–H and O–H groups in total. The van der Waals surface area contributed by atoms with Crippen molar-refractivity contribution in [3.8, 4) is 0 Å². The van der Waals surface area contributed by atoms with Gasteiger partial charge in [0.15, 0.2) is 0 Å². The smallest absolute Gasteiger partial charge is 0.0155 e. The van der Waals surface area contributed by atoms with Gasteiger partial charge in [-0.05, 0) is 46.3 Å². The molecule has 0 aromatic carbocycles. The highest BCUT2D eigenvalue weighted by Gasteiger charge is 2.36. The van der Waals surface area contributed by atoms with Gasteiger partial charge in [0.1, 0.15) is 0 Å². The van der Waals surface area contributed by atoms with Crippen molar-refractivity contribution in [3.05, 3.63) is 0 Å². The van der Waals surface area contributed by atoms with Crippen molar-refractivity contribution in [1.29, 1.82) is 0 Å². The molecule has 0 saturated heterocycles. The van der Waals surface area contributed by atoms with E-state index in [1.807, 2.05) is 0 Å². The van der Waals surface area contributed by atoms with Gasteiger partial charge < -0.3 is 10.6 Å². The van der Waals surface area contributed by atoms with Gasteiger partial charge in [0.25, 0.3) is 0 Å². The topological polar surface area (TPSA) is 29.3 Å². The molecule has 2 nitrogen and oxygen atoms in total. The van der Waals surface area contributed by atoms with Crippen LogP contribution in [0.1, 0.15) is 32.1 Å². The van der Waals surface area contributed by atoms with E-state index in [0.29, 0.717) is 0 Å². The summed E-state index contributed by atoms with van der Waals surface area (Å²) in [5, 5.41) is 0. The van der Waals surface area contributed by atoms with E-state index in [2.05, 4.69) is 19.0 Å². The lowest BCUT2D eigenvalue weighted by molar-refractivity contribution is 0.385. The van der Waals surface area contributed by atoms with Crippen molar-refractivity contribution in [3.63, 3.8) is 0 Å². The Morgan fingerprint density at radius 1 is 1.27 bits per heavy atom. The zero-order valence-corrected chi connectivity index (χ0v) is 7.77. The zero-order valence-electron chi connectivity index (χ0n) is 7.77. The van der Waals surface area contributed by atoms with Crippen molar-refractivity contribution in [2.24, 2.45) is 5.73 Å². The summed E-state index contributed by atoms with van der Waals surface area (Å²) >= 11 is 0. The Labute approximate surface area is 69.8 Å². The summed E-state index contributed by atoms with van der Waals surface area (Å²) in [6.07, 6.45) is 6.35. The molecule has 0 spiro atoms. The maximum Gasteiger partial charge on any atom is 0.0155 e. The fraction of sp³-hybridized carbons (Fsp3) is 1.00. The second-order valence-electron chi connectivity index (χ2n) is 4.12. The van der Waals surface area contributed by atoms with Crippen molar-refractivity contribution in [2.75, 3.05) is 20.6 Å². The maximum atomic E-state index is 5.95. The Morgan fingerprint density at radius 3 is 2.36 bits per heavy atom. The summed E-state index contributed by atoms with van der Waals surface area (Å²) in [5.74, 6) is 0. The van der Waals surface area contributed by atoms with Gasteiger partial charge in [0, 0.05) is 5.54 Å². The first kappa shape index (κ1) is 9.01. The second-order valence-corrected chi connectivity index (χ2v) is 4.12. The molecule has 0 radical (unpaired) electrons. The Morgan fingerprint density at radius 2 is 1.91 bits per heavy atom. The molecule has 11 heavy (non-hydrogen) atoms. The van der Waals surface area contributed by atoms with Crippen LogP contribution >= 0.6 is 0 Å². The van der Waals surface area contributed by atoms with Crippen LogP contribution in [0.3, 0.4) is 0 Å². The van der Waals surface area contributed by atoms with Crippen LogP contribution in [0.4, 0.5) is 0 Å². The van der Waals surface area contributed by atoms with Crippen LogP contribution in [-0.2, 0) is 0 Å². The molecule has 0 amide bonds. The fourth-order valence-corrected chi connectivity index (χ4v) is 1.32. The van der Waals surface area contributed by atoms with Gasteiger partial charge in [-0.2, -0.15) is 0 Å². The molecule has 0 bridgehead atoms. The molecule has 1 fully saturated rings. The van der Waals surface area contributed by atoms with Gasteiger partial charge in [-0.25, -0.2) is 0 Å². The van der Waals surface area contributed by atoms with Crippen LogP contribution < -0.4 is 5.73 Å². The predicted octanol–water partition coefficient (Wildman–Crippen LogP) is 1.21. The van der Waals surface area contributed by atoms with Crippen molar-refractivity contribution < 1.29 is 0 Å². The number of nitrogens with two attached hydrogens (primary N) is 1. The van der Waals surface area contributed by atoms with E-state index >= 15 is 0 Å². The normalized spacial score (nSPS) is 20.7. The van der Waals surface area contributed by atoms with Gasteiger partial charge in [0.05, 0.1) is 0 Å². The quantitative estimate of drug-likeness (QED) is 0.606. The first-order chi connectivity index (χ1) is 5.12. The van der Waals surface area contributed by atoms with Gasteiger partial charge in [-0.3, -0.25) is 0 Å². The first-order valence-corrected chi connectivity index (χ1v) is 4.56. The largest absolute Gasteiger partial charge is 0.325 e. The molecule has 0 atom stereocenters. The van der Waals surface area contributed by atoms with Crippen LogP contribution in [-0.4, -0.2) is 31.1 Å². The fourth-order valence-electron chi connectivity index (χ4n) is 1.32. The first-order valence-electron chi connectivity index (χ1n) is 4.56. The molecule has 0 heterocycles. The number of hydrogen-bond donors (Lipinski definition) is 1. The Balaban J connectivity index is 1.88. The molecular weight excluding hydrogens is 136 g/mol. The minimum Gasteiger partial charge on any atom is -0.325 e. The van der Waals surface area contributed by atoms with Crippen molar-refractivity contribution in [2.45, 2.75) is 37.6 Å². The number of nitrogens with zero attached hydrogens (tertiary/aromatic N) is 1. The molecule has 1 saturated carbocycles. The summed E-state index contributed by atoms with van der Waals surface area (Å²) in [6.45, 7) is 1.20. The highest BCUT2D eigenvalue weighted by Crippen LogP contribution is 2.36. The molecule has 0 unspecified atom stereocenters. The monoisotopic (exact) mass is 156 g/mol. The Kier molecular flexibility index (Phi) is 2.90. The Bertz CT molecular complexity index is 117. The molecule has 0 aromatic heterocycles. The summed E-state index contributed by atoms with van der Waals surface area (Å²) in [7, 11) is 4.24. The lowest BCUT2D eigenvalue weighted by Gasteiger charge is -2.11. The molecule has 66 valence electrons. The summed E-state index contributed by atoms with van der Waals surface area (Å²) in [5.41, 5.74) is 6.22. The highest BCUT2D eigenvalue weighted by molar-refractivity contribution is 4.98. The van der Waals surface area contributed by atoms with Crippen molar-refractivity contribution in [1.82, 2.24) is 4.90 Å². The van der Waals surface area contributed by atoms with Gasteiger partial charge in [-0.15, -0.1) is 0 Å². The number of hydrogen-bond acceptors (Lipinski definition) is 2. The van der Waals surface area contributed by atoms with E-state index < -0.39 is 0 Å². The van der Waals surface area contributed by atoms with E-state index in [9.17, 15) is 0 Å². The standard InChI is InChI=1S/C9H20N2/c1-11(2)8-4-3-5-9(10)6-7-9/h3-8,10H2,1-2H3. The SMILES string of the molecule is CN(C)CCCCC1(N)CC1. The van der Waals surface area contributed by atoms with E-state index in [0.717, 1.165) is 0 Å². The van der Waals surface area contributed by atoms with Crippen LogP contribution in [0.15, 0.2) is 0 Å². The molecule has 1 rings (SSSR count). The molecule has 0 aliphatic heterocycles.